The lowest BCUT2D eigenvalue weighted by atomic mass is 10.2. The lowest BCUT2D eigenvalue weighted by molar-refractivity contribution is -0.384. The average molecular weight is 290 g/mol. The van der Waals surface area contributed by atoms with E-state index >= 15 is 0 Å². The summed E-state index contributed by atoms with van der Waals surface area (Å²) in [5.41, 5.74) is 0.469. The van der Waals surface area contributed by atoms with Crippen molar-refractivity contribution in [3.8, 4) is 11.5 Å². The summed E-state index contributed by atoms with van der Waals surface area (Å²) >= 11 is 0. The van der Waals surface area contributed by atoms with Gasteiger partial charge in [-0.15, -0.1) is 0 Å². The minimum Gasteiger partial charge on any atom is -0.486 e. The molecule has 2 aromatic carbocycles. The number of nitro groups is 1. The van der Waals surface area contributed by atoms with Gasteiger partial charge >= 0.3 is 0 Å². The standard InChI is InChI=1S/C14H11FN2O4/c15-9-1-3-11(12(7-9)17(18)19)16-10-2-4-13-14(8-10)21-6-5-20-13/h1-4,7-8,16H,5-6H2. The number of fused-ring (bicyclic) bond motifs is 1. The minimum atomic E-state index is -0.658. The lowest BCUT2D eigenvalue weighted by Gasteiger charge is -2.19. The molecule has 0 bridgehead atoms. The highest BCUT2D eigenvalue weighted by Crippen LogP contribution is 2.35. The van der Waals surface area contributed by atoms with Crippen LogP contribution in [0.1, 0.15) is 0 Å². The summed E-state index contributed by atoms with van der Waals surface area (Å²) in [6.07, 6.45) is 0. The van der Waals surface area contributed by atoms with Crippen LogP contribution in [0, 0.1) is 15.9 Å². The van der Waals surface area contributed by atoms with Crippen LogP contribution in [0.15, 0.2) is 36.4 Å². The van der Waals surface area contributed by atoms with E-state index in [0.29, 0.717) is 30.4 Å². The summed E-state index contributed by atoms with van der Waals surface area (Å²) in [5, 5.41) is 13.8. The SMILES string of the molecule is O=[N+]([O-])c1cc(F)ccc1Nc1ccc2c(c1)OCCO2. The minimum absolute atomic E-state index is 0.207. The largest absolute Gasteiger partial charge is 0.486 e. The first kappa shape index (κ1) is 13.2. The van der Waals surface area contributed by atoms with Gasteiger partial charge in [0.25, 0.3) is 5.69 Å². The first-order valence-electron chi connectivity index (χ1n) is 6.24. The van der Waals surface area contributed by atoms with E-state index in [-0.39, 0.29) is 11.4 Å². The predicted octanol–water partition coefficient (Wildman–Crippen LogP) is 3.25. The Hall–Kier alpha value is -2.83. The highest BCUT2D eigenvalue weighted by molar-refractivity contribution is 5.71. The molecular weight excluding hydrogens is 279 g/mol. The van der Waals surface area contributed by atoms with Gasteiger partial charge in [0.1, 0.15) is 24.7 Å². The number of rotatable bonds is 3. The van der Waals surface area contributed by atoms with Gasteiger partial charge in [0.05, 0.1) is 11.0 Å². The van der Waals surface area contributed by atoms with E-state index in [1.165, 1.54) is 6.07 Å². The molecule has 0 radical (unpaired) electrons. The van der Waals surface area contributed by atoms with Crippen molar-refractivity contribution >= 4 is 17.1 Å². The number of hydrogen-bond acceptors (Lipinski definition) is 5. The van der Waals surface area contributed by atoms with Crippen molar-refractivity contribution < 1.29 is 18.8 Å². The Labute approximate surface area is 119 Å². The summed E-state index contributed by atoms with van der Waals surface area (Å²) in [7, 11) is 0. The van der Waals surface area contributed by atoms with Crippen LogP contribution in [-0.4, -0.2) is 18.1 Å². The fourth-order valence-electron chi connectivity index (χ4n) is 2.04. The third kappa shape index (κ3) is 2.71. The molecule has 7 heteroatoms. The molecule has 21 heavy (non-hydrogen) atoms. The molecule has 1 aliphatic rings. The second-order valence-corrected chi connectivity index (χ2v) is 4.40. The van der Waals surface area contributed by atoms with E-state index in [1.807, 2.05) is 0 Å². The highest BCUT2D eigenvalue weighted by Gasteiger charge is 2.17. The molecule has 0 unspecified atom stereocenters. The topological polar surface area (TPSA) is 73.6 Å². The molecular formula is C14H11FN2O4. The average Bonchev–Trinajstić information content (AvgIpc) is 2.49. The molecule has 0 spiro atoms. The number of nitro benzene ring substituents is 1. The van der Waals surface area contributed by atoms with Crippen LogP contribution in [0.3, 0.4) is 0 Å². The molecule has 0 saturated carbocycles. The monoisotopic (exact) mass is 290 g/mol. The van der Waals surface area contributed by atoms with E-state index in [2.05, 4.69) is 5.32 Å². The Balaban J connectivity index is 1.92. The number of anilines is 2. The van der Waals surface area contributed by atoms with Crippen molar-refractivity contribution in [1.82, 2.24) is 0 Å². The Kier molecular flexibility index (Phi) is 3.31. The zero-order valence-corrected chi connectivity index (χ0v) is 10.8. The van der Waals surface area contributed by atoms with Gasteiger partial charge in [0.15, 0.2) is 11.5 Å². The number of hydrogen-bond donors (Lipinski definition) is 1. The summed E-state index contributed by atoms with van der Waals surface area (Å²) in [4.78, 5) is 10.3. The van der Waals surface area contributed by atoms with Gasteiger partial charge in [-0.3, -0.25) is 10.1 Å². The number of nitrogens with zero attached hydrogens (tertiary/aromatic N) is 1. The van der Waals surface area contributed by atoms with Crippen molar-refractivity contribution in [3.05, 3.63) is 52.3 Å². The number of halogens is 1. The van der Waals surface area contributed by atoms with Crippen molar-refractivity contribution in [3.63, 3.8) is 0 Å². The molecule has 1 N–H and O–H groups in total. The van der Waals surface area contributed by atoms with Gasteiger partial charge in [0.2, 0.25) is 0 Å². The molecule has 6 nitrogen and oxygen atoms in total. The molecule has 0 aromatic heterocycles. The van der Waals surface area contributed by atoms with Crippen LogP contribution in [0.4, 0.5) is 21.5 Å². The maximum absolute atomic E-state index is 13.1. The second-order valence-electron chi connectivity index (χ2n) is 4.40. The molecule has 3 rings (SSSR count). The number of ether oxygens (including phenoxy) is 2. The maximum atomic E-state index is 13.1. The van der Waals surface area contributed by atoms with Crippen LogP contribution in [-0.2, 0) is 0 Å². The molecule has 0 fully saturated rings. The number of nitrogens with one attached hydrogen (secondary N) is 1. The fraction of sp³-hybridized carbons (Fsp3) is 0.143. The van der Waals surface area contributed by atoms with Crippen LogP contribution in [0.2, 0.25) is 0 Å². The van der Waals surface area contributed by atoms with E-state index in [1.54, 1.807) is 18.2 Å². The molecule has 0 saturated heterocycles. The van der Waals surface area contributed by atoms with Crippen molar-refractivity contribution in [2.45, 2.75) is 0 Å². The third-order valence-corrected chi connectivity index (χ3v) is 2.98. The van der Waals surface area contributed by atoms with Gasteiger partial charge in [0, 0.05) is 11.8 Å². The predicted molar refractivity (Wildman–Crippen MR) is 73.8 cm³/mol. The fourth-order valence-corrected chi connectivity index (χ4v) is 2.04. The lowest BCUT2D eigenvalue weighted by Crippen LogP contribution is -2.15. The van der Waals surface area contributed by atoms with Crippen molar-refractivity contribution in [2.75, 3.05) is 18.5 Å². The zero-order chi connectivity index (χ0) is 14.8. The normalized spacial score (nSPS) is 12.8. The van der Waals surface area contributed by atoms with Gasteiger partial charge in [-0.1, -0.05) is 0 Å². The Bertz CT molecular complexity index is 705. The summed E-state index contributed by atoms with van der Waals surface area (Å²) in [6.45, 7) is 0.941. The van der Waals surface area contributed by atoms with Gasteiger partial charge < -0.3 is 14.8 Å². The van der Waals surface area contributed by atoms with Crippen LogP contribution < -0.4 is 14.8 Å². The highest BCUT2D eigenvalue weighted by atomic mass is 19.1. The Morgan fingerprint density at radius 1 is 1.10 bits per heavy atom. The van der Waals surface area contributed by atoms with E-state index < -0.39 is 10.7 Å². The molecule has 1 heterocycles. The Morgan fingerprint density at radius 2 is 1.86 bits per heavy atom. The Morgan fingerprint density at radius 3 is 2.62 bits per heavy atom. The van der Waals surface area contributed by atoms with E-state index in [9.17, 15) is 14.5 Å². The van der Waals surface area contributed by atoms with Gasteiger partial charge in [-0.05, 0) is 24.3 Å². The molecule has 0 aliphatic carbocycles. The van der Waals surface area contributed by atoms with Crippen molar-refractivity contribution in [1.29, 1.82) is 0 Å². The third-order valence-electron chi connectivity index (χ3n) is 2.98. The molecule has 2 aromatic rings. The van der Waals surface area contributed by atoms with Crippen LogP contribution in [0.5, 0.6) is 11.5 Å². The smallest absolute Gasteiger partial charge is 0.295 e. The maximum Gasteiger partial charge on any atom is 0.295 e. The molecule has 1 aliphatic heterocycles. The zero-order valence-electron chi connectivity index (χ0n) is 10.8. The summed E-state index contributed by atoms with van der Waals surface area (Å²) < 4.78 is 23.9. The van der Waals surface area contributed by atoms with E-state index in [0.717, 1.165) is 12.1 Å². The van der Waals surface area contributed by atoms with Crippen LogP contribution in [0.25, 0.3) is 0 Å². The second kappa shape index (κ2) is 5.28. The van der Waals surface area contributed by atoms with Crippen molar-refractivity contribution in [2.24, 2.45) is 0 Å². The number of benzene rings is 2. The van der Waals surface area contributed by atoms with E-state index in [4.69, 9.17) is 9.47 Å². The first-order valence-corrected chi connectivity index (χ1v) is 6.24. The summed E-state index contributed by atoms with van der Waals surface area (Å²) in [6, 6.07) is 8.46. The molecule has 0 amide bonds. The summed E-state index contributed by atoms with van der Waals surface area (Å²) in [5.74, 6) is 0.533. The van der Waals surface area contributed by atoms with Gasteiger partial charge in [-0.25, -0.2) is 4.39 Å². The molecule has 108 valence electrons. The van der Waals surface area contributed by atoms with Crippen LogP contribution >= 0.6 is 0 Å². The molecule has 0 atom stereocenters. The first-order chi connectivity index (χ1) is 10.1. The van der Waals surface area contributed by atoms with Gasteiger partial charge in [-0.2, -0.15) is 0 Å². The quantitative estimate of drug-likeness (QED) is 0.693.